The highest BCUT2D eigenvalue weighted by Gasteiger charge is 2.36. The lowest BCUT2D eigenvalue weighted by Gasteiger charge is -2.33. The Morgan fingerprint density at radius 2 is 1.61 bits per heavy atom. The molecule has 1 fully saturated rings. The third-order valence-electron chi connectivity index (χ3n) is 6.47. The molecule has 2 aromatic rings. The number of aliphatic carboxylic acids is 1. The molecule has 8 heteroatoms. The first kappa shape index (κ1) is 22.8. The van der Waals surface area contributed by atoms with Crippen molar-refractivity contribution in [1.82, 2.24) is 10.6 Å². The normalized spacial score (nSPS) is 16.6. The highest BCUT2D eigenvalue weighted by atomic mass is 16.5. The maximum Gasteiger partial charge on any atom is 0.407 e. The summed E-state index contributed by atoms with van der Waals surface area (Å²) in [4.78, 5) is 36.8. The molecular formula is C25H28N2O6. The third-order valence-corrected chi connectivity index (χ3v) is 6.47. The van der Waals surface area contributed by atoms with Gasteiger partial charge in [-0.25, -0.2) is 9.59 Å². The first-order valence-electron chi connectivity index (χ1n) is 11.1. The van der Waals surface area contributed by atoms with Crippen molar-refractivity contribution in [3.63, 3.8) is 0 Å². The van der Waals surface area contributed by atoms with Gasteiger partial charge in [-0.2, -0.15) is 0 Å². The maximum atomic E-state index is 12.8. The van der Waals surface area contributed by atoms with Crippen molar-refractivity contribution in [2.45, 2.75) is 37.3 Å². The minimum atomic E-state index is -1.20. The molecule has 2 aliphatic carbocycles. The molecule has 2 aliphatic rings. The van der Waals surface area contributed by atoms with E-state index < -0.39 is 30.1 Å². The van der Waals surface area contributed by atoms with Gasteiger partial charge in [-0.15, -0.1) is 0 Å². The van der Waals surface area contributed by atoms with Gasteiger partial charge >= 0.3 is 12.1 Å². The van der Waals surface area contributed by atoms with Gasteiger partial charge in [0.25, 0.3) is 0 Å². The molecular weight excluding hydrogens is 424 g/mol. The standard InChI is InChI=1S/C25H28N2O6/c1-32-14-21(24(29)30)26-23(28)22(15-7-6-8-15)27-25(31)33-13-20-18-11-4-2-9-16(18)17-10-3-5-12-19(17)20/h2-5,9-12,15,20-22H,6-8,13-14H2,1H3,(H,26,28)(H,27,31)(H,29,30). The fourth-order valence-electron chi connectivity index (χ4n) is 4.54. The lowest BCUT2D eigenvalue weighted by Crippen LogP contribution is -2.56. The summed E-state index contributed by atoms with van der Waals surface area (Å²) in [5.74, 6) is -1.88. The van der Waals surface area contributed by atoms with Crippen LogP contribution in [0.2, 0.25) is 0 Å². The summed E-state index contributed by atoms with van der Waals surface area (Å²) in [6.07, 6.45) is 1.83. The van der Waals surface area contributed by atoms with Gasteiger partial charge in [0.2, 0.25) is 5.91 Å². The second-order valence-electron chi connectivity index (χ2n) is 8.49. The van der Waals surface area contributed by atoms with E-state index in [0.717, 1.165) is 41.5 Å². The van der Waals surface area contributed by atoms with Crippen LogP contribution in [0.5, 0.6) is 0 Å². The molecule has 0 spiro atoms. The van der Waals surface area contributed by atoms with Gasteiger partial charge in [-0.05, 0) is 41.0 Å². The number of ether oxygens (including phenoxy) is 2. The first-order chi connectivity index (χ1) is 16.0. The molecule has 0 radical (unpaired) electrons. The number of carboxylic acids is 1. The number of rotatable bonds is 9. The van der Waals surface area contributed by atoms with Gasteiger partial charge in [0.15, 0.2) is 6.04 Å². The summed E-state index contributed by atoms with van der Waals surface area (Å²) >= 11 is 0. The van der Waals surface area contributed by atoms with E-state index in [0.29, 0.717) is 0 Å². The minimum absolute atomic E-state index is 0.0533. The Labute approximate surface area is 192 Å². The number of alkyl carbamates (subject to hydrolysis) is 1. The number of amides is 2. The fraction of sp³-hybridized carbons (Fsp3) is 0.400. The summed E-state index contributed by atoms with van der Waals surface area (Å²) in [5, 5.41) is 14.4. The van der Waals surface area contributed by atoms with Gasteiger partial charge in [0, 0.05) is 13.0 Å². The van der Waals surface area contributed by atoms with Crippen LogP contribution < -0.4 is 10.6 Å². The Hall–Kier alpha value is -3.39. The van der Waals surface area contributed by atoms with Crippen LogP contribution in [0.3, 0.4) is 0 Å². The predicted molar refractivity (Wildman–Crippen MR) is 121 cm³/mol. The van der Waals surface area contributed by atoms with Crippen molar-refractivity contribution in [3.05, 3.63) is 59.7 Å². The topological polar surface area (TPSA) is 114 Å². The maximum absolute atomic E-state index is 12.8. The van der Waals surface area contributed by atoms with Gasteiger partial charge < -0.3 is 25.2 Å². The quantitative estimate of drug-likeness (QED) is 0.539. The summed E-state index contributed by atoms with van der Waals surface area (Å²) in [7, 11) is 1.36. The van der Waals surface area contributed by atoms with Crippen molar-refractivity contribution >= 4 is 18.0 Å². The van der Waals surface area contributed by atoms with E-state index >= 15 is 0 Å². The number of nitrogens with one attached hydrogen (secondary N) is 2. The van der Waals surface area contributed by atoms with E-state index in [1.54, 1.807) is 0 Å². The Balaban J connectivity index is 1.41. The van der Waals surface area contributed by atoms with Crippen molar-refractivity contribution in [2.75, 3.05) is 20.3 Å². The Morgan fingerprint density at radius 3 is 2.12 bits per heavy atom. The van der Waals surface area contributed by atoms with Gasteiger partial charge in [-0.1, -0.05) is 55.0 Å². The number of carbonyl (C=O) groups is 3. The molecule has 0 saturated heterocycles. The molecule has 2 amide bonds. The number of carbonyl (C=O) groups excluding carboxylic acids is 2. The number of carboxylic acid groups (broad SMARTS) is 1. The largest absolute Gasteiger partial charge is 0.480 e. The molecule has 2 atom stereocenters. The van der Waals surface area contributed by atoms with Crippen LogP contribution in [0.15, 0.2) is 48.5 Å². The zero-order valence-electron chi connectivity index (χ0n) is 18.5. The number of benzene rings is 2. The van der Waals surface area contributed by atoms with Crippen molar-refractivity contribution < 1.29 is 29.0 Å². The average molecular weight is 453 g/mol. The summed E-state index contributed by atoms with van der Waals surface area (Å²) in [6.45, 7) is -0.0241. The van der Waals surface area contributed by atoms with Crippen molar-refractivity contribution in [3.8, 4) is 11.1 Å². The Bertz CT molecular complexity index is 990. The zero-order chi connectivity index (χ0) is 23.4. The highest BCUT2D eigenvalue weighted by Crippen LogP contribution is 2.44. The van der Waals surface area contributed by atoms with E-state index in [2.05, 4.69) is 22.8 Å². The average Bonchev–Trinajstić information content (AvgIpc) is 3.09. The van der Waals surface area contributed by atoms with Crippen LogP contribution in [0, 0.1) is 5.92 Å². The van der Waals surface area contributed by atoms with Crippen LogP contribution >= 0.6 is 0 Å². The number of fused-ring (bicyclic) bond motifs is 3. The second-order valence-corrected chi connectivity index (χ2v) is 8.49. The lowest BCUT2D eigenvalue weighted by atomic mass is 9.79. The van der Waals surface area contributed by atoms with Crippen molar-refractivity contribution in [2.24, 2.45) is 5.92 Å². The Morgan fingerprint density at radius 1 is 1.00 bits per heavy atom. The van der Waals surface area contributed by atoms with Gasteiger partial charge in [0.05, 0.1) is 6.61 Å². The summed E-state index contributed by atoms with van der Waals surface area (Å²) in [5.41, 5.74) is 4.46. The lowest BCUT2D eigenvalue weighted by molar-refractivity contribution is -0.144. The van der Waals surface area contributed by atoms with Gasteiger partial charge in [-0.3, -0.25) is 4.79 Å². The molecule has 8 nitrogen and oxygen atoms in total. The molecule has 2 aromatic carbocycles. The molecule has 2 unspecified atom stereocenters. The van der Waals surface area contributed by atoms with Crippen LogP contribution in [-0.4, -0.2) is 55.5 Å². The second kappa shape index (κ2) is 10.0. The van der Waals surface area contributed by atoms with E-state index in [4.69, 9.17) is 9.47 Å². The van der Waals surface area contributed by atoms with Crippen LogP contribution in [0.1, 0.15) is 36.3 Å². The zero-order valence-corrected chi connectivity index (χ0v) is 18.5. The fourth-order valence-corrected chi connectivity index (χ4v) is 4.54. The number of hydrogen-bond acceptors (Lipinski definition) is 5. The smallest absolute Gasteiger partial charge is 0.407 e. The molecule has 0 aromatic heterocycles. The summed E-state index contributed by atoms with van der Waals surface area (Å²) in [6, 6.07) is 14.1. The molecule has 0 bridgehead atoms. The van der Waals surface area contributed by atoms with E-state index in [9.17, 15) is 19.5 Å². The SMILES string of the molecule is COCC(NC(=O)C(NC(=O)OCC1c2ccccc2-c2ccccc21)C1CCC1)C(=O)O. The minimum Gasteiger partial charge on any atom is -0.480 e. The van der Waals surface area contributed by atoms with Crippen LogP contribution in [0.4, 0.5) is 4.79 Å². The first-order valence-corrected chi connectivity index (χ1v) is 11.1. The highest BCUT2D eigenvalue weighted by molar-refractivity contribution is 5.89. The van der Waals surface area contributed by atoms with E-state index in [1.165, 1.54) is 7.11 Å². The molecule has 174 valence electrons. The monoisotopic (exact) mass is 452 g/mol. The third kappa shape index (κ3) is 4.85. The number of hydrogen-bond donors (Lipinski definition) is 3. The number of methoxy groups -OCH3 is 1. The molecule has 3 N–H and O–H groups in total. The molecule has 1 saturated carbocycles. The van der Waals surface area contributed by atoms with E-state index in [1.807, 2.05) is 36.4 Å². The Kier molecular flexibility index (Phi) is 6.93. The predicted octanol–water partition coefficient (Wildman–Crippen LogP) is 2.91. The molecule has 4 rings (SSSR count). The molecule has 33 heavy (non-hydrogen) atoms. The van der Waals surface area contributed by atoms with Crippen molar-refractivity contribution in [1.29, 1.82) is 0 Å². The van der Waals surface area contributed by atoms with E-state index in [-0.39, 0.29) is 25.0 Å². The van der Waals surface area contributed by atoms with Crippen LogP contribution in [0.25, 0.3) is 11.1 Å². The molecule has 0 heterocycles. The van der Waals surface area contributed by atoms with Crippen LogP contribution in [-0.2, 0) is 19.1 Å². The molecule has 0 aliphatic heterocycles. The summed E-state index contributed by atoms with van der Waals surface area (Å²) < 4.78 is 10.4. The van der Waals surface area contributed by atoms with Gasteiger partial charge in [0.1, 0.15) is 12.6 Å².